The van der Waals surface area contributed by atoms with E-state index in [2.05, 4.69) is 22.7 Å². The largest absolute Gasteiger partial charge is 0.381 e. The molecule has 6 heteroatoms. The van der Waals surface area contributed by atoms with E-state index < -0.39 is 0 Å². The minimum absolute atomic E-state index is 0.0552. The van der Waals surface area contributed by atoms with Gasteiger partial charge in [-0.25, -0.2) is 4.79 Å². The topological polar surface area (TPSA) is 68.2 Å². The van der Waals surface area contributed by atoms with Crippen LogP contribution in [0.15, 0.2) is 12.4 Å². The Morgan fingerprint density at radius 2 is 2.23 bits per heavy atom. The number of hydrogen-bond donors (Lipinski definition) is 2. The van der Waals surface area contributed by atoms with Gasteiger partial charge in [-0.2, -0.15) is 5.10 Å². The number of carbonyl (C=O) groups excluding carboxylic acids is 1. The third-order valence-electron chi connectivity index (χ3n) is 4.27. The zero-order chi connectivity index (χ0) is 15.8. The Hall–Kier alpha value is -1.56. The van der Waals surface area contributed by atoms with E-state index in [0.29, 0.717) is 12.5 Å². The van der Waals surface area contributed by atoms with Crippen LogP contribution in [0, 0.1) is 5.92 Å². The van der Waals surface area contributed by atoms with Crippen LogP contribution < -0.4 is 10.6 Å². The van der Waals surface area contributed by atoms with Crippen LogP contribution in [0.25, 0.3) is 0 Å². The first-order valence-corrected chi connectivity index (χ1v) is 8.25. The third-order valence-corrected chi connectivity index (χ3v) is 4.27. The average Bonchev–Trinajstić information content (AvgIpc) is 2.93. The number of urea groups is 1. The molecule has 124 valence electrons. The number of carbonyl (C=O) groups is 1. The van der Waals surface area contributed by atoms with Crippen molar-refractivity contribution in [2.24, 2.45) is 13.0 Å². The molecule has 22 heavy (non-hydrogen) atoms. The van der Waals surface area contributed by atoms with Crippen molar-refractivity contribution in [2.45, 2.75) is 45.1 Å². The summed E-state index contributed by atoms with van der Waals surface area (Å²) in [7, 11) is 1.93. The number of aryl methyl sites for hydroxylation is 2. The molecule has 1 unspecified atom stereocenters. The molecule has 2 N–H and O–H groups in total. The Bertz CT molecular complexity index is 455. The van der Waals surface area contributed by atoms with Crippen LogP contribution in [-0.4, -0.2) is 41.6 Å². The molecule has 2 heterocycles. The van der Waals surface area contributed by atoms with Crippen molar-refractivity contribution in [2.75, 3.05) is 19.8 Å². The highest BCUT2D eigenvalue weighted by Crippen LogP contribution is 2.18. The first-order valence-electron chi connectivity index (χ1n) is 8.25. The van der Waals surface area contributed by atoms with Gasteiger partial charge in [0.1, 0.15) is 0 Å². The van der Waals surface area contributed by atoms with Gasteiger partial charge < -0.3 is 15.4 Å². The van der Waals surface area contributed by atoms with E-state index in [1.165, 1.54) is 5.56 Å². The Labute approximate surface area is 132 Å². The molecule has 1 aliphatic heterocycles. The molecule has 1 saturated heterocycles. The molecular formula is C16H28N4O2. The Kier molecular flexibility index (Phi) is 6.71. The molecule has 0 saturated carbocycles. The molecule has 1 atom stereocenters. The zero-order valence-electron chi connectivity index (χ0n) is 13.7. The lowest BCUT2D eigenvalue weighted by Gasteiger charge is -2.28. The predicted molar refractivity (Wildman–Crippen MR) is 85.7 cm³/mol. The number of hydrogen-bond acceptors (Lipinski definition) is 3. The number of amides is 2. The summed E-state index contributed by atoms with van der Waals surface area (Å²) in [5, 5.41) is 10.1. The second-order valence-electron chi connectivity index (χ2n) is 6.12. The van der Waals surface area contributed by atoms with Crippen LogP contribution in [0.2, 0.25) is 0 Å². The SMILES string of the molecule is CC(NC(=O)NCCCCc1cnn(C)c1)C1CCOCC1. The Morgan fingerprint density at radius 1 is 1.45 bits per heavy atom. The molecule has 2 amide bonds. The molecule has 1 aliphatic rings. The van der Waals surface area contributed by atoms with Crippen LogP contribution in [0.4, 0.5) is 4.79 Å². The Morgan fingerprint density at radius 3 is 2.91 bits per heavy atom. The summed E-state index contributed by atoms with van der Waals surface area (Å²) >= 11 is 0. The lowest BCUT2D eigenvalue weighted by molar-refractivity contribution is 0.0571. The van der Waals surface area contributed by atoms with E-state index >= 15 is 0 Å². The van der Waals surface area contributed by atoms with E-state index in [4.69, 9.17) is 4.74 Å². The third kappa shape index (κ3) is 5.67. The van der Waals surface area contributed by atoms with Gasteiger partial charge >= 0.3 is 6.03 Å². The fourth-order valence-electron chi connectivity index (χ4n) is 2.85. The zero-order valence-corrected chi connectivity index (χ0v) is 13.7. The average molecular weight is 308 g/mol. The van der Waals surface area contributed by atoms with Gasteiger partial charge in [0.15, 0.2) is 0 Å². The number of nitrogens with zero attached hydrogens (tertiary/aromatic N) is 2. The number of nitrogens with one attached hydrogen (secondary N) is 2. The minimum Gasteiger partial charge on any atom is -0.381 e. The number of ether oxygens (including phenoxy) is 1. The highest BCUT2D eigenvalue weighted by atomic mass is 16.5. The van der Waals surface area contributed by atoms with Crippen molar-refractivity contribution in [1.29, 1.82) is 0 Å². The number of aromatic nitrogens is 2. The van der Waals surface area contributed by atoms with E-state index in [1.807, 2.05) is 24.1 Å². The maximum absolute atomic E-state index is 11.9. The van der Waals surface area contributed by atoms with E-state index in [-0.39, 0.29) is 12.1 Å². The molecule has 6 nitrogen and oxygen atoms in total. The molecule has 0 aliphatic carbocycles. The summed E-state index contributed by atoms with van der Waals surface area (Å²) in [6, 6.07) is 0.152. The van der Waals surface area contributed by atoms with Crippen molar-refractivity contribution in [1.82, 2.24) is 20.4 Å². The monoisotopic (exact) mass is 308 g/mol. The lowest BCUT2D eigenvalue weighted by Crippen LogP contribution is -2.45. The van der Waals surface area contributed by atoms with Crippen LogP contribution in [0.5, 0.6) is 0 Å². The van der Waals surface area contributed by atoms with Gasteiger partial charge in [0.2, 0.25) is 0 Å². The molecule has 0 aromatic carbocycles. The summed E-state index contributed by atoms with van der Waals surface area (Å²) < 4.78 is 7.17. The minimum atomic E-state index is -0.0552. The fourth-order valence-corrected chi connectivity index (χ4v) is 2.85. The first kappa shape index (κ1) is 16.8. The summed E-state index contributed by atoms with van der Waals surface area (Å²) in [4.78, 5) is 11.9. The van der Waals surface area contributed by atoms with Gasteiger partial charge in [-0.15, -0.1) is 0 Å². The molecule has 0 bridgehead atoms. The summed E-state index contributed by atoms with van der Waals surface area (Å²) in [6.45, 7) is 4.42. The van der Waals surface area contributed by atoms with Gasteiger partial charge in [-0.1, -0.05) is 0 Å². The highest BCUT2D eigenvalue weighted by Gasteiger charge is 2.21. The molecule has 1 aromatic heterocycles. The second kappa shape index (κ2) is 8.78. The van der Waals surface area contributed by atoms with E-state index in [9.17, 15) is 4.79 Å². The first-order chi connectivity index (χ1) is 10.6. The predicted octanol–water partition coefficient (Wildman–Crippen LogP) is 1.86. The Balaban J connectivity index is 1.53. The van der Waals surface area contributed by atoms with Crippen molar-refractivity contribution < 1.29 is 9.53 Å². The van der Waals surface area contributed by atoms with Crippen molar-refractivity contribution >= 4 is 6.03 Å². The molecule has 2 rings (SSSR count). The van der Waals surface area contributed by atoms with Crippen LogP contribution in [-0.2, 0) is 18.2 Å². The van der Waals surface area contributed by atoms with Crippen LogP contribution in [0.1, 0.15) is 38.2 Å². The van der Waals surface area contributed by atoms with Gasteiger partial charge in [0, 0.05) is 39.0 Å². The lowest BCUT2D eigenvalue weighted by atomic mass is 9.93. The highest BCUT2D eigenvalue weighted by molar-refractivity contribution is 5.74. The van der Waals surface area contributed by atoms with Crippen molar-refractivity contribution in [3.05, 3.63) is 18.0 Å². The quantitative estimate of drug-likeness (QED) is 0.756. The molecule has 1 fully saturated rings. The van der Waals surface area contributed by atoms with Crippen LogP contribution >= 0.6 is 0 Å². The van der Waals surface area contributed by atoms with Crippen LogP contribution in [0.3, 0.4) is 0 Å². The summed E-state index contributed by atoms with van der Waals surface area (Å²) in [6.07, 6.45) is 9.05. The van der Waals surface area contributed by atoms with Gasteiger partial charge in [-0.05, 0) is 50.5 Å². The molecule has 0 radical (unpaired) electrons. The summed E-state index contributed by atoms with van der Waals surface area (Å²) in [5.74, 6) is 0.532. The van der Waals surface area contributed by atoms with Crippen molar-refractivity contribution in [3.63, 3.8) is 0 Å². The molecule has 1 aromatic rings. The maximum Gasteiger partial charge on any atom is 0.315 e. The smallest absolute Gasteiger partial charge is 0.315 e. The molecular weight excluding hydrogens is 280 g/mol. The maximum atomic E-state index is 11.9. The number of rotatable bonds is 7. The van der Waals surface area contributed by atoms with Crippen molar-refractivity contribution in [3.8, 4) is 0 Å². The van der Waals surface area contributed by atoms with Gasteiger partial charge in [0.05, 0.1) is 6.20 Å². The summed E-state index contributed by atoms with van der Waals surface area (Å²) in [5.41, 5.74) is 1.25. The van der Waals surface area contributed by atoms with Gasteiger partial charge in [-0.3, -0.25) is 4.68 Å². The second-order valence-corrected chi connectivity index (χ2v) is 6.12. The van der Waals surface area contributed by atoms with E-state index in [1.54, 1.807) is 0 Å². The normalized spacial score (nSPS) is 17.2. The molecule has 0 spiro atoms. The number of unbranched alkanes of at least 4 members (excludes halogenated alkanes) is 1. The fraction of sp³-hybridized carbons (Fsp3) is 0.750. The van der Waals surface area contributed by atoms with Gasteiger partial charge in [0.25, 0.3) is 0 Å². The van der Waals surface area contributed by atoms with E-state index in [0.717, 1.165) is 45.3 Å². The standard InChI is InChI=1S/C16H28N4O2/c1-13(15-6-9-22-10-7-15)19-16(21)17-8-4-3-5-14-11-18-20(2)12-14/h11-13,15H,3-10H2,1-2H3,(H2,17,19,21).